The lowest BCUT2D eigenvalue weighted by Crippen LogP contribution is -2.07. The van der Waals surface area contributed by atoms with Crippen molar-refractivity contribution in [2.75, 3.05) is 0 Å². The first-order valence-electron chi connectivity index (χ1n) is 9.22. The summed E-state index contributed by atoms with van der Waals surface area (Å²) < 4.78 is 43.4. The molecule has 0 bridgehead atoms. The van der Waals surface area contributed by atoms with Crippen LogP contribution in [0.5, 0.6) is 0 Å². The van der Waals surface area contributed by atoms with Gasteiger partial charge in [0, 0.05) is 17.0 Å². The number of nitrogens with zero attached hydrogens (tertiary/aromatic N) is 1. The minimum atomic E-state index is -1.01. The van der Waals surface area contributed by atoms with Gasteiger partial charge in [-0.25, -0.2) is 13.2 Å². The molecule has 0 unspecified atom stereocenters. The molecule has 0 radical (unpaired) electrons. The molecular weight excluding hydrogens is 399 g/mol. The van der Waals surface area contributed by atoms with Gasteiger partial charge in [0.15, 0.2) is 0 Å². The molecule has 1 aliphatic rings. The fourth-order valence-corrected chi connectivity index (χ4v) is 3.27. The van der Waals surface area contributed by atoms with Gasteiger partial charge in [0.05, 0.1) is 16.8 Å². The second kappa shape index (κ2) is 8.29. The molecule has 2 nitrogen and oxygen atoms in total. The molecule has 1 fully saturated rings. The van der Waals surface area contributed by atoms with E-state index in [-0.39, 0.29) is 17.0 Å². The Kier molecular flexibility index (Phi) is 5.58. The van der Waals surface area contributed by atoms with Gasteiger partial charge in [0.1, 0.15) is 24.1 Å². The van der Waals surface area contributed by atoms with Crippen molar-refractivity contribution in [3.63, 3.8) is 0 Å². The van der Waals surface area contributed by atoms with E-state index in [4.69, 9.17) is 16.4 Å². The minimum absolute atomic E-state index is 0.249. The van der Waals surface area contributed by atoms with Gasteiger partial charge in [-0.2, -0.15) is 0 Å². The lowest BCUT2D eigenvalue weighted by molar-refractivity contribution is 0.124. The Morgan fingerprint density at radius 1 is 0.966 bits per heavy atom. The van der Waals surface area contributed by atoms with Gasteiger partial charge in [-0.05, 0) is 36.1 Å². The van der Waals surface area contributed by atoms with Gasteiger partial charge in [0.2, 0.25) is 0 Å². The second-order valence-corrected chi connectivity index (χ2v) is 7.34. The van der Waals surface area contributed by atoms with Crippen LogP contribution in [0.1, 0.15) is 24.0 Å². The van der Waals surface area contributed by atoms with Gasteiger partial charge in [-0.1, -0.05) is 59.2 Å². The van der Waals surface area contributed by atoms with E-state index >= 15 is 0 Å². The van der Waals surface area contributed by atoms with Crippen molar-refractivity contribution in [2.45, 2.75) is 19.4 Å². The molecular formula is C23H17ClF3NO. The van der Waals surface area contributed by atoms with Crippen LogP contribution in [0.4, 0.5) is 13.2 Å². The summed E-state index contributed by atoms with van der Waals surface area (Å²) in [6.45, 7) is -0.443. The van der Waals surface area contributed by atoms with Crippen molar-refractivity contribution in [2.24, 2.45) is 11.1 Å². The third-order valence-corrected chi connectivity index (χ3v) is 5.06. The molecule has 0 aromatic heterocycles. The van der Waals surface area contributed by atoms with Crippen LogP contribution in [0.2, 0.25) is 5.02 Å². The Morgan fingerprint density at radius 2 is 1.66 bits per heavy atom. The summed E-state index contributed by atoms with van der Waals surface area (Å²) in [5.74, 6) is -2.70. The molecule has 0 atom stereocenters. The lowest BCUT2D eigenvalue weighted by atomic mass is 10.0. The summed E-state index contributed by atoms with van der Waals surface area (Å²) >= 11 is 5.92. The van der Waals surface area contributed by atoms with Crippen molar-refractivity contribution in [1.82, 2.24) is 0 Å². The molecule has 0 N–H and O–H groups in total. The normalized spacial score (nSPS) is 14.1. The van der Waals surface area contributed by atoms with E-state index in [9.17, 15) is 13.2 Å². The summed E-state index contributed by atoms with van der Waals surface area (Å²) in [5, 5.41) is 4.74. The molecule has 0 spiro atoms. The number of rotatable bonds is 6. The number of oxime groups is 1. The topological polar surface area (TPSA) is 21.6 Å². The molecule has 1 saturated carbocycles. The number of halogens is 4. The highest BCUT2D eigenvalue weighted by atomic mass is 35.5. The smallest absolute Gasteiger partial charge is 0.148 e. The van der Waals surface area contributed by atoms with Crippen LogP contribution in [0.25, 0.3) is 11.1 Å². The maximum absolute atomic E-state index is 14.9. The molecule has 0 aliphatic heterocycles. The minimum Gasteiger partial charge on any atom is -0.390 e. The quantitative estimate of drug-likeness (QED) is 0.322. The van der Waals surface area contributed by atoms with Crippen LogP contribution in [-0.2, 0) is 11.4 Å². The van der Waals surface area contributed by atoms with E-state index in [1.54, 1.807) is 42.5 Å². The Balaban J connectivity index is 1.61. The first kappa shape index (κ1) is 19.5. The maximum atomic E-state index is 14.9. The molecule has 4 rings (SSSR count). The number of hydrogen-bond acceptors (Lipinski definition) is 2. The zero-order valence-corrected chi connectivity index (χ0v) is 16.1. The Morgan fingerprint density at radius 3 is 2.31 bits per heavy atom. The fraction of sp³-hybridized carbons (Fsp3) is 0.174. The molecule has 1 aliphatic carbocycles. The van der Waals surface area contributed by atoms with E-state index in [1.807, 2.05) is 12.1 Å². The van der Waals surface area contributed by atoms with Gasteiger partial charge in [-0.3, -0.25) is 0 Å². The van der Waals surface area contributed by atoms with Crippen LogP contribution in [0, 0.1) is 23.4 Å². The predicted molar refractivity (Wildman–Crippen MR) is 107 cm³/mol. The molecule has 0 heterocycles. The third-order valence-electron chi connectivity index (χ3n) is 4.80. The number of hydrogen-bond donors (Lipinski definition) is 0. The van der Waals surface area contributed by atoms with Gasteiger partial charge >= 0.3 is 0 Å². The lowest BCUT2D eigenvalue weighted by Gasteiger charge is -2.11. The van der Waals surface area contributed by atoms with E-state index in [1.165, 1.54) is 0 Å². The van der Waals surface area contributed by atoms with Crippen molar-refractivity contribution in [1.29, 1.82) is 0 Å². The molecule has 0 amide bonds. The second-order valence-electron chi connectivity index (χ2n) is 6.90. The first-order chi connectivity index (χ1) is 14.0. The molecule has 0 saturated heterocycles. The van der Waals surface area contributed by atoms with E-state index in [0.717, 1.165) is 18.4 Å². The Hall–Kier alpha value is -2.79. The van der Waals surface area contributed by atoms with E-state index in [0.29, 0.717) is 22.4 Å². The van der Waals surface area contributed by atoms with Crippen molar-refractivity contribution >= 4 is 17.3 Å². The summed E-state index contributed by atoms with van der Waals surface area (Å²) in [6, 6.07) is 16.0. The summed E-state index contributed by atoms with van der Waals surface area (Å²) in [7, 11) is 0. The zero-order chi connectivity index (χ0) is 20.4. The summed E-state index contributed by atoms with van der Waals surface area (Å²) in [5.41, 5.74) is 1.25. The van der Waals surface area contributed by atoms with E-state index in [2.05, 4.69) is 5.16 Å². The van der Waals surface area contributed by atoms with Crippen LogP contribution in [0.15, 0.2) is 65.8 Å². The van der Waals surface area contributed by atoms with Crippen LogP contribution in [-0.4, -0.2) is 5.71 Å². The molecule has 3 aromatic carbocycles. The van der Waals surface area contributed by atoms with Crippen molar-refractivity contribution < 1.29 is 18.0 Å². The molecule has 29 heavy (non-hydrogen) atoms. The van der Waals surface area contributed by atoms with Crippen molar-refractivity contribution in [3.8, 4) is 11.1 Å². The van der Waals surface area contributed by atoms with Crippen molar-refractivity contribution in [3.05, 3.63) is 94.3 Å². The fourth-order valence-electron chi connectivity index (χ4n) is 3.14. The van der Waals surface area contributed by atoms with Gasteiger partial charge in [0.25, 0.3) is 0 Å². The van der Waals surface area contributed by atoms with Gasteiger partial charge < -0.3 is 4.84 Å². The Labute approximate surface area is 171 Å². The standard InChI is InChI=1S/C23H17ClF3NO/c24-17-10-8-16(9-11-17)23(15-6-7-15)28-29-13-18-19(25)12-20(26)21(22(18)27)14-4-2-1-3-5-14/h1-5,8-12,15H,6-7,13H2/b28-23-. The average molecular weight is 416 g/mol. The largest absolute Gasteiger partial charge is 0.390 e. The summed E-state index contributed by atoms with van der Waals surface area (Å²) in [6.07, 6.45) is 1.95. The molecule has 3 aromatic rings. The SMILES string of the molecule is Fc1cc(F)c(-c2ccccc2)c(F)c1CO/N=C(\c1ccc(Cl)cc1)C1CC1. The zero-order valence-electron chi connectivity index (χ0n) is 15.3. The highest BCUT2D eigenvalue weighted by Gasteiger charge is 2.29. The van der Waals surface area contributed by atoms with Crippen LogP contribution in [0.3, 0.4) is 0 Å². The van der Waals surface area contributed by atoms with E-state index < -0.39 is 24.1 Å². The molecule has 6 heteroatoms. The molecule has 148 valence electrons. The average Bonchev–Trinajstić information content (AvgIpc) is 3.54. The van der Waals surface area contributed by atoms with Crippen LogP contribution >= 0.6 is 11.6 Å². The maximum Gasteiger partial charge on any atom is 0.148 e. The first-order valence-corrected chi connectivity index (χ1v) is 9.60. The monoisotopic (exact) mass is 415 g/mol. The van der Waals surface area contributed by atoms with Crippen LogP contribution < -0.4 is 0 Å². The Bertz CT molecular complexity index is 1050. The number of benzene rings is 3. The third kappa shape index (κ3) is 4.30. The van der Waals surface area contributed by atoms with Gasteiger partial charge in [-0.15, -0.1) is 0 Å². The highest BCUT2D eigenvalue weighted by Crippen LogP contribution is 2.34. The summed E-state index contributed by atoms with van der Waals surface area (Å²) in [4.78, 5) is 5.31. The predicted octanol–water partition coefficient (Wildman–Crippen LogP) is 6.76. The highest BCUT2D eigenvalue weighted by molar-refractivity contribution is 6.30.